The largest absolute Gasteiger partial charge is 0.479 e. The van der Waals surface area contributed by atoms with E-state index in [1.165, 1.54) is 0 Å². The van der Waals surface area contributed by atoms with Crippen molar-refractivity contribution in [3.63, 3.8) is 0 Å². The fourth-order valence-electron chi connectivity index (χ4n) is 1.02. The topological polar surface area (TPSA) is 95.6 Å². The van der Waals surface area contributed by atoms with E-state index < -0.39 is 17.9 Å². The van der Waals surface area contributed by atoms with Crippen LogP contribution in [0.4, 0.5) is 10.1 Å². The third-order valence-corrected chi connectivity index (χ3v) is 1.70. The fourth-order valence-corrected chi connectivity index (χ4v) is 1.02. The SMILES string of the molecule is NNc1cc(F)ccc1C(O)C(=O)O. The van der Waals surface area contributed by atoms with E-state index in [1.807, 2.05) is 0 Å². The molecule has 0 spiro atoms. The predicted molar refractivity (Wildman–Crippen MR) is 46.8 cm³/mol. The summed E-state index contributed by atoms with van der Waals surface area (Å²) in [6, 6.07) is 3.20. The Morgan fingerprint density at radius 1 is 1.57 bits per heavy atom. The van der Waals surface area contributed by atoms with Gasteiger partial charge in [0.25, 0.3) is 0 Å². The van der Waals surface area contributed by atoms with Crippen molar-refractivity contribution in [2.75, 3.05) is 5.43 Å². The minimum absolute atomic E-state index is 0.0152. The average Bonchev–Trinajstić information content (AvgIpc) is 2.16. The first-order valence-electron chi connectivity index (χ1n) is 3.73. The van der Waals surface area contributed by atoms with Crippen LogP contribution in [0.5, 0.6) is 0 Å². The standard InChI is InChI=1S/C8H9FN2O3/c9-4-1-2-5(6(3-4)11-10)7(12)8(13)14/h1-3,7,11-12H,10H2,(H,13,14). The highest BCUT2D eigenvalue weighted by Crippen LogP contribution is 2.23. The highest BCUT2D eigenvalue weighted by molar-refractivity contribution is 5.76. The number of aliphatic carboxylic acids is 1. The van der Waals surface area contributed by atoms with E-state index in [0.29, 0.717) is 0 Å². The van der Waals surface area contributed by atoms with E-state index in [9.17, 15) is 14.3 Å². The maximum atomic E-state index is 12.7. The number of aliphatic hydroxyl groups is 1. The third-order valence-electron chi connectivity index (χ3n) is 1.70. The molecular formula is C8H9FN2O3. The molecule has 0 radical (unpaired) electrons. The first-order valence-corrected chi connectivity index (χ1v) is 3.73. The molecule has 0 aliphatic carbocycles. The van der Waals surface area contributed by atoms with Crippen molar-refractivity contribution in [1.82, 2.24) is 0 Å². The van der Waals surface area contributed by atoms with E-state index in [-0.39, 0.29) is 11.3 Å². The van der Waals surface area contributed by atoms with Crippen LogP contribution in [-0.4, -0.2) is 16.2 Å². The van der Waals surface area contributed by atoms with Gasteiger partial charge in [0, 0.05) is 5.56 Å². The molecule has 76 valence electrons. The van der Waals surface area contributed by atoms with Crippen molar-refractivity contribution in [1.29, 1.82) is 0 Å². The molecule has 0 fully saturated rings. The number of carboxylic acids is 1. The number of aliphatic hydroxyl groups excluding tert-OH is 1. The molecule has 0 bridgehead atoms. The van der Waals surface area contributed by atoms with Gasteiger partial charge in [-0.05, 0) is 12.1 Å². The summed E-state index contributed by atoms with van der Waals surface area (Å²) >= 11 is 0. The Balaban J connectivity index is 3.13. The summed E-state index contributed by atoms with van der Waals surface area (Å²) in [7, 11) is 0. The smallest absolute Gasteiger partial charge is 0.337 e. The average molecular weight is 200 g/mol. The summed E-state index contributed by atoms with van der Waals surface area (Å²) in [5, 5.41) is 17.7. The number of hydrogen-bond donors (Lipinski definition) is 4. The Hall–Kier alpha value is -1.66. The molecule has 1 rings (SSSR count). The Bertz CT molecular complexity index is 356. The molecule has 1 atom stereocenters. The molecule has 1 aromatic carbocycles. The zero-order valence-electron chi connectivity index (χ0n) is 7.07. The first-order chi connectivity index (χ1) is 6.56. The summed E-state index contributed by atoms with van der Waals surface area (Å²) in [6.07, 6.45) is -1.72. The normalized spacial score (nSPS) is 12.2. The number of hydrazine groups is 1. The number of carboxylic acid groups (broad SMARTS) is 1. The molecule has 14 heavy (non-hydrogen) atoms. The van der Waals surface area contributed by atoms with Crippen LogP contribution in [0.15, 0.2) is 18.2 Å². The van der Waals surface area contributed by atoms with Gasteiger partial charge in [0.2, 0.25) is 0 Å². The minimum Gasteiger partial charge on any atom is -0.479 e. The number of nitrogen functional groups attached to an aromatic ring is 1. The first kappa shape index (κ1) is 10.4. The highest BCUT2D eigenvalue weighted by Gasteiger charge is 2.19. The third kappa shape index (κ3) is 1.98. The number of benzene rings is 1. The summed E-state index contributed by atoms with van der Waals surface area (Å²) < 4.78 is 12.7. The van der Waals surface area contributed by atoms with Crippen LogP contribution in [0, 0.1) is 5.82 Å². The number of anilines is 1. The van der Waals surface area contributed by atoms with Crippen LogP contribution in [0.3, 0.4) is 0 Å². The van der Waals surface area contributed by atoms with Crippen molar-refractivity contribution in [2.45, 2.75) is 6.10 Å². The Labute approximate surface area is 78.9 Å². The van der Waals surface area contributed by atoms with Crippen LogP contribution in [0.2, 0.25) is 0 Å². The number of nitrogens with two attached hydrogens (primary N) is 1. The lowest BCUT2D eigenvalue weighted by Crippen LogP contribution is -2.16. The van der Waals surface area contributed by atoms with Crippen LogP contribution in [-0.2, 0) is 4.79 Å². The zero-order chi connectivity index (χ0) is 10.7. The van der Waals surface area contributed by atoms with Gasteiger partial charge in [0.05, 0.1) is 5.69 Å². The molecule has 1 aromatic rings. The predicted octanol–water partition coefficient (Wildman–Crippen LogP) is 0.229. The van der Waals surface area contributed by atoms with Crippen molar-refractivity contribution in [3.8, 4) is 0 Å². The molecule has 0 amide bonds. The molecule has 0 aromatic heterocycles. The summed E-state index contributed by atoms with van der Waals surface area (Å²) in [5.41, 5.74) is 2.17. The van der Waals surface area contributed by atoms with Crippen molar-refractivity contribution < 1.29 is 19.4 Å². The number of nitrogens with one attached hydrogen (secondary N) is 1. The van der Waals surface area contributed by atoms with E-state index in [0.717, 1.165) is 18.2 Å². The molecule has 0 aliphatic heterocycles. The van der Waals surface area contributed by atoms with Crippen LogP contribution < -0.4 is 11.3 Å². The zero-order valence-corrected chi connectivity index (χ0v) is 7.07. The second-order valence-corrected chi connectivity index (χ2v) is 2.62. The lowest BCUT2D eigenvalue weighted by molar-refractivity contribution is -0.146. The Morgan fingerprint density at radius 2 is 2.21 bits per heavy atom. The minimum atomic E-state index is -1.72. The van der Waals surface area contributed by atoms with E-state index in [4.69, 9.17) is 10.9 Å². The van der Waals surface area contributed by atoms with Crippen LogP contribution in [0.1, 0.15) is 11.7 Å². The Morgan fingerprint density at radius 3 is 2.71 bits per heavy atom. The monoisotopic (exact) mass is 200 g/mol. The number of rotatable bonds is 3. The quantitative estimate of drug-likeness (QED) is 0.413. The lowest BCUT2D eigenvalue weighted by Gasteiger charge is -2.11. The molecule has 6 heteroatoms. The molecular weight excluding hydrogens is 191 g/mol. The molecule has 5 nitrogen and oxygen atoms in total. The molecule has 0 aliphatic rings. The van der Waals surface area contributed by atoms with Gasteiger partial charge in [0.15, 0.2) is 6.10 Å². The maximum Gasteiger partial charge on any atom is 0.337 e. The Kier molecular flexibility index (Phi) is 3.00. The van der Waals surface area contributed by atoms with E-state index >= 15 is 0 Å². The summed E-state index contributed by atoms with van der Waals surface area (Å²) in [5.74, 6) is 3.04. The number of hydrogen-bond acceptors (Lipinski definition) is 4. The lowest BCUT2D eigenvalue weighted by atomic mass is 10.1. The number of halogens is 1. The summed E-state index contributed by atoms with van der Waals surface area (Å²) in [6.45, 7) is 0. The number of carbonyl (C=O) groups is 1. The van der Waals surface area contributed by atoms with Gasteiger partial charge in [-0.3, -0.25) is 5.84 Å². The van der Waals surface area contributed by atoms with Gasteiger partial charge in [-0.1, -0.05) is 6.07 Å². The fraction of sp³-hybridized carbons (Fsp3) is 0.125. The van der Waals surface area contributed by atoms with Crippen molar-refractivity contribution in [2.24, 2.45) is 5.84 Å². The summed E-state index contributed by atoms with van der Waals surface area (Å²) in [4.78, 5) is 10.4. The maximum absolute atomic E-state index is 12.7. The van der Waals surface area contributed by atoms with Gasteiger partial charge in [-0.2, -0.15) is 0 Å². The highest BCUT2D eigenvalue weighted by atomic mass is 19.1. The molecule has 1 unspecified atom stereocenters. The van der Waals surface area contributed by atoms with E-state index in [2.05, 4.69) is 5.43 Å². The van der Waals surface area contributed by atoms with Gasteiger partial charge >= 0.3 is 5.97 Å². The second-order valence-electron chi connectivity index (χ2n) is 2.62. The molecule has 0 saturated carbocycles. The van der Waals surface area contributed by atoms with Gasteiger partial charge in [-0.15, -0.1) is 0 Å². The van der Waals surface area contributed by atoms with Gasteiger partial charge < -0.3 is 15.6 Å². The van der Waals surface area contributed by atoms with Crippen LogP contribution >= 0.6 is 0 Å². The molecule has 0 heterocycles. The molecule has 0 saturated heterocycles. The van der Waals surface area contributed by atoms with Crippen molar-refractivity contribution >= 4 is 11.7 Å². The van der Waals surface area contributed by atoms with Crippen molar-refractivity contribution in [3.05, 3.63) is 29.6 Å². The van der Waals surface area contributed by atoms with Gasteiger partial charge in [-0.25, -0.2) is 9.18 Å². The van der Waals surface area contributed by atoms with Gasteiger partial charge in [0.1, 0.15) is 5.82 Å². The molecule has 5 N–H and O–H groups in total. The van der Waals surface area contributed by atoms with E-state index in [1.54, 1.807) is 0 Å². The van der Waals surface area contributed by atoms with Crippen LogP contribution in [0.25, 0.3) is 0 Å². The second kappa shape index (κ2) is 4.03.